The van der Waals surface area contributed by atoms with Gasteiger partial charge in [-0.25, -0.2) is 4.90 Å². The Morgan fingerprint density at radius 2 is 1.58 bits per heavy atom. The van der Waals surface area contributed by atoms with Crippen LogP contribution in [0, 0.1) is 23.7 Å². The summed E-state index contributed by atoms with van der Waals surface area (Å²) in [6, 6.07) is 17.7. The first-order chi connectivity index (χ1) is 12.7. The molecular formula is C22H21NO3. The number of para-hydroxylation sites is 2. The van der Waals surface area contributed by atoms with Crippen molar-refractivity contribution in [3.05, 3.63) is 60.2 Å². The number of carbonyl (C=O) groups is 2. The van der Waals surface area contributed by atoms with Gasteiger partial charge >= 0.3 is 0 Å². The quantitative estimate of drug-likeness (QED) is 0.797. The minimum atomic E-state index is -0.184. The second kappa shape index (κ2) is 5.70. The molecule has 4 nitrogen and oxygen atoms in total. The number of amides is 2. The molecule has 4 heteroatoms. The SMILES string of the molecule is COc1ccccc1N1C(=O)[C@H]2[C@@H]3C[C@@H]([C@@H]2C1=O)[C@H](c1ccccc1)C3. The van der Waals surface area contributed by atoms with Gasteiger partial charge in [0.1, 0.15) is 5.75 Å². The molecule has 1 heterocycles. The van der Waals surface area contributed by atoms with E-state index in [9.17, 15) is 9.59 Å². The van der Waals surface area contributed by atoms with Gasteiger partial charge in [0.15, 0.2) is 0 Å². The highest BCUT2D eigenvalue weighted by atomic mass is 16.5. The summed E-state index contributed by atoms with van der Waals surface area (Å²) < 4.78 is 5.39. The molecule has 2 aromatic carbocycles. The van der Waals surface area contributed by atoms with Crippen LogP contribution in [0.5, 0.6) is 5.75 Å². The van der Waals surface area contributed by atoms with Crippen LogP contribution in [0.15, 0.2) is 54.6 Å². The van der Waals surface area contributed by atoms with Gasteiger partial charge in [0, 0.05) is 0 Å². The van der Waals surface area contributed by atoms with Crippen LogP contribution in [0.1, 0.15) is 24.3 Å². The zero-order valence-corrected chi connectivity index (χ0v) is 14.7. The van der Waals surface area contributed by atoms with Gasteiger partial charge < -0.3 is 4.74 Å². The van der Waals surface area contributed by atoms with Crippen LogP contribution in [0.4, 0.5) is 5.69 Å². The van der Waals surface area contributed by atoms with E-state index in [0.29, 0.717) is 23.3 Å². The first kappa shape index (κ1) is 15.6. The molecule has 5 atom stereocenters. The van der Waals surface area contributed by atoms with Gasteiger partial charge in [0.05, 0.1) is 24.6 Å². The Bertz CT molecular complexity index is 878. The third-order valence-corrected chi connectivity index (χ3v) is 6.57. The predicted octanol–water partition coefficient (Wildman–Crippen LogP) is 3.62. The predicted molar refractivity (Wildman–Crippen MR) is 97.9 cm³/mol. The first-order valence-electron chi connectivity index (χ1n) is 9.26. The molecule has 3 fully saturated rings. The minimum Gasteiger partial charge on any atom is -0.495 e. The summed E-state index contributed by atoms with van der Waals surface area (Å²) in [6.45, 7) is 0. The van der Waals surface area contributed by atoms with Gasteiger partial charge in [-0.3, -0.25) is 9.59 Å². The van der Waals surface area contributed by atoms with Gasteiger partial charge in [-0.05, 0) is 48.3 Å². The summed E-state index contributed by atoms with van der Waals surface area (Å²) in [5.41, 5.74) is 1.88. The Morgan fingerprint density at radius 3 is 2.35 bits per heavy atom. The summed E-state index contributed by atoms with van der Waals surface area (Å²) >= 11 is 0. The third-order valence-electron chi connectivity index (χ3n) is 6.57. The standard InChI is InChI=1S/C22H21NO3/c1-26-18-10-6-5-9-17(18)23-21(24)19-14-11-15(13-7-3-2-4-8-13)16(12-14)20(19)22(23)25/h2-10,14-16,19-20H,11-12H2,1H3/t14-,15-,16+,19-,20-/m0/s1. The molecule has 0 aromatic heterocycles. The number of benzene rings is 2. The molecule has 3 aliphatic rings. The first-order valence-corrected chi connectivity index (χ1v) is 9.26. The number of rotatable bonds is 3. The average Bonchev–Trinajstić information content (AvgIpc) is 3.34. The Balaban J connectivity index is 1.51. The van der Waals surface area contributed by atoms with E-state index in [1.807, 2.05) is 18.2 Å². The van der Waals surface area contributed by atoms with Crippen molar-refractivity contribution in [1.82, 2.24) is 0 Å². The van der Waals surface area contributed by atoms with Crippen molar-refractivity contribution in [2.45, 2.75) is 18.8 Å². The zero-order chi connectivity index (χ0) is 17.8. The zero-order valence-electron chi connectivity index (χ0n) is 14.7. The van der Waals surface area contributed by atoms with Crippen molar-refractivity contribution in [3.8, 4) is 5.75 Å². The molecule has 1 saturated heterocycles. The molecule has 2 aliphatic carbocycles. The number of hydrogen-bond acceptors (Lipinski definition) is 3. The molecule has 0 spiro atoms. The highest BCUT2D eigenvalue weighted by Crippen LogP contribution is 2.62. The lowest BCUT2D eigenvalue weighted by Gasteiger charge is -2.28. The number of anilines is 1. The van der Waals surface area contributed by atoms with Crippen molar-refractivity contribution in [1.29, 1.82) is 0 Å². The summed E-state index contributed by atoms with van der Waals surface area (Å²) in [7, 11) is 1.57. The van der Waals surface area contributed by atoms with Crippen LogP contribution in [0.2, 0.25) is 0 Å². The number of hydrogen-bond donors (Lipinski definition) is 0. The van der Waals surface area contributed by atoms with Crippen LogP contribution in [0.25, 0.3) is 0 Å². The minimum absolute atomic E-state index is 0.0384. The molecular weight excluding hydrogens is 326 g/mol. The second-order valence-electron chi connectivity index (χ2n) is 7.65. The van der Waals surface area contributed by atoms with Crippen LogP contribution in [0.3, 0.4) is 0 Å². The van der Waals surface area contributed by atoms with Crippen molar-refractivity contribution >= 4 is 17.5 Å². The van der Waals surface area contributed by atoms with Gasteiger partial charge in [-0.15, -0.1) is 0 Å². The number of carbonyl (C=O) groups excluding carboxylic acids is 2. The van der Waals surface area contributed by atoms with E-state index < -0.39 is 0 Å². The number of methoxy groups -OCH3 is 1. The fraction of sp³-hybridized carbons (Fsp3) is 0.364. The lowest BCUT2D eigenvalue weighted by atomic mass is 9.73. The normalized spacial score (nSPS) is 32.2. The van der Waals surface area contributed by atoms with Crippen LogP contribution < -0.4 is 9.64 Å². The van der Waals surface area contributed by atoms with E-state index >= 15 is 0 Å². The Morgan fingerprint density at radius 1 is 0.885 bits per heavy atom. The molecule has 26 heavy (non-hydrogen) atoms. The molecule has 0 radical (unpaired) electrons. The molecule has 5 rings (SSSR count). The topological polar surface area (TPSA) is 46.6 Å². The van der Waals surface area contributed by atoms with Gasteiger partial charge in [0.25, 0.3) is 0 Å². The van der Waals surface area contributed by atoms with Crippen LogP contribution in [-0.4, -0.2) is 18.9 Å². The molecule has 132 valence electrons. The Hall–Kier alpha value is -2.62. The highest BCUT2D eigenvalue weighted by Gasteiger charge is 2.64. The number of imide groups is 1. The molecule has 2 amide bonds. The Labute approximate surface area is 152 Å². The fourth-order valence-corrected chi connectivity index (χ4v) is 5.59. The fourth-order valence-electron chi connectivity index (χ4n) is 5.59. The van der Waals surface area contributed by atoms with E-state index in [0.717, 1.165) is 12.8 Å². The molecule has 0 N–H and O–H groups in total. The number of nitrogens with zero attached hydrogens (tertiary/aromatic N) is 1. The highest BCUT2D eigenvalue weighted by molar-refractivity contribution is 6.23. The van der Waals surface area contributed by atoms with Crippen molar-refractivity contribution in [2.75, 3.05) is 12.0 Å². The van der Waals surface area contributed by atoms with Crippen molar-refractivity contribution in [2.24, 2.45) is 23.7 Å². The lowest BCUT2D eigenvalue weighted by molar-refractivity contribution is -0.123. The summed E-state index contributed by atoms with van der Waals surface area (Å²) in [6.07, 6.45) is 2.00. The number of fused-ring (bicyclic) bond motifs is 5. The summed E-state index contributed by atoms with van der Waals surface area (Å²) in [4.78, 5) is 27.8. The maximum absolute atomic E-state index is 13.3. The van der Waals surface area contributed by atoms with E-state index in [1.165, 1.54) is 10.5 Å². The third kappa shape index (κ3) is 2.02. The molecule has 2 saturated carbocycles. The number of ether oxygens (including phenoxy) is 1. The summed E-state index contributed by atoms with van der Waals surface area (Å²) in [5, 5.41) is 0. The summed E-state index contributed by atoms with van der Waals surface area (Å²) in [5.74, 6) is 1.11. The van der Waals surface area contributed by atoms with E-state index in [1.54, 1.807) is 19.2 Å². The van der Waals surface area contributed by atoms with Crippen molar-refractivity contribution in [3.63, 3.8) is 0 Å². The van der Waals surface area contributed by atoms with Crippen LogP contribution in [-0.2, 0) is 9.59 Å². The van der Waals surface area contributed by atoms with Crippen LogP contribution >= 0.6 is 0 Å². The smallest absolute Gasteiger partial charge is 0.238 e. The largest absolute Gasteiger partial charge is 0.495 e. The van der Waals surface area contributed by atoms with E-state index in [2.05, 4.69) is 24.3 Å². The molecule has 2 aromatic rings. The van der Waals surface area contributed by atoms with E-state index in [4.69, 9.17) is 4.74 Å². The Kier molecular flexibility index (Phi) is 3.42. The van der Waals surface area contributed by atoms with Crippen molar-refractivity contribution < 1.29 is 14.3 Å². The second-order valence-corrected chi connectivity index (χ2v) is 7.65. The molecule has 2 bridgehead atoms. The maximum atomic E-state index is 13.3. The van der Waals surface area contributed by atoms with Gasteiger partial charge in [-0.2, -0.15) is 0 Å². The maximum Gasteiger partial charge on any atom is 0.238 e. The van der Waals surface area contributed by atoms with Gasteiger partial charge in [-0.1, -0.05) is 42.5 Å². The monoisotopic (exact) mass is 347 g/mol. The molecule has 1 aliphatic heterocycles. The lowest BCUT2D eigenvalue weighted by Crippen LogP contribution is -2.33. The van der Waals surface area contributed by atoms with Gasteiger partial charge in [0.2, 0.25) is 11.8 Å². The van der Waals surface area contributed by atoms with E-state index in [-0.39, 0.29) is 29.6 Å². The average molecular weight is 347 g/mol. The molecule has 0 unspecified atom stereocenters.